The molecule has 0 bridgehead atoms. The molecule has 2 N–H and O–H groups in total. The van der Waals surface area contributed by atoms with Crippen LogP contribution in [0.1, 0.15) is 24.0 Å². The maximum Gasteiger partial charge on any atom is 0.338 e. The fraction of sp³-hybridized carbons (Fsp3) is 0.316. The predicted octanol–water partition coefficient (Wildman–Crippen LogP) is 1.65. The van der Waals surface area contributed by atoms with E-state index >= 15 is 0 Å². The number of hydrogen-bond acceptors (Lipinski definition) is 6. The van der Waals surface area contributed by atoms with Crippen LogP contribution >= 0.6 is 0 Å². The number of aryl methyl sites for hydroxylation is 1. The molecule has 0 amide bonds. The van der Waals surface area contributed by atoms with Gasteiger partial charge < -0.3 is 10.6 Å². The quantitative estimate of drug-likeness (QED) is 0.352. The number of pyridine rings is 1. The second kappa shape index (κ2) is 8.49. The van der Waals surface area contributed by atoms with Crippen LogP contribution in [0.5, 0.6) is 0 Å². The Bertz CT molecular complexity index is 951. The Morgan fingerprint density at radius 2 is 1.89 bits per heavy atom. The summed E-state index contributed by atoms with van der Waals surface area (Å²) in [7, 11) is -3.56. The fourth-order valence-corrected chi connectivity index (χ4v) is 4.40. The summed E-state index contributed by atoms with van der Waals surface area (Å²) in [5, 5.41) is 3.67. The molecule has 2 aromatic rings. The minimum atomic E-state index is -3.56. The van der Waals surface area contributed by atoms with Crippen LogP contribution in [0.15, 0.2) is 58.8 Å². The summed E-state index contributed by atoms with van der Waals surface area (Å²) in [5.41, 5.74) is 7.31. The molecule has 8 nitrogen and oxygen atoms in total. The molecular formula is C19H22N4O4S. The molecule has 0 aliphatic carbocycles. The topological polar surface area (TPSA) is 115 Å². The first-order chi connectivity index (χ1) is 13.4. The van der Waals surface area contributed by atoms with E-state index in [1.807, 2.05) is 6.92 Å². The number of oxime groups is 1. The van der Waals surface area contributed by atoms with Crippen molar-refractivity contribution in [2.75, 3.05) is 13.1 Å². The van der Waals surface area contributed by atoms with Gasteiger partial charge in [-0.15, -0.1) is 0 Å². The Labute approximate surface area is 164 Å². The van der Waals surface area contributed by atoms with Crippen LogP contribution in [0, 0.1) is 12.8 Å². The van der Waals surface area contributed by atoms with Crippen molar-refractivity contribution < 1.29 is 18.0 Å². The number of nitrogens with two attached hydrogens (primary N) is 1. The SMILES string of the molecule is Cc1ccc(S(=O)(=O)N2CCC(C(=O)O/N=C(\N)c3cccnc3)CC2)cc1. The van der Waals surface area contributed by atoms with Gasteiger partial charge in [-0.25, -0.2) is 13.2 Å². The zero-order valence-electron chi connectivity index (χ0n) is 15.5. The molecule has 9 heteroatoms. The van der Waals surface area contributed by atoms with Gasteiger partial charge in [0.15, 0.2) is 5.84 Å². The second-order valence-electron chi connectivity index (χ2n) is 6.62. The summed E-state index contributed by atoms with van der Waals surface area (Å²) in [6, 6.07) is 10.1. The highest BCUT2D eigenvalue weighted by molar-refractivity contribution is 7.89. The number of carbonyl (C=O) groups excluding carboxylic acids is 1. The van der Waals surface area contributed by atoms with Gasteiger partial charge in [-0.3, -0.25) is 4.98 Å². The molecule has 2 heterocycles. The van der Waals surface area contributed by atoms with Gasteiger partial charge in [0.25, 0.3) is 0 Å². The highest BCUT2D eigenvalue weighted by Crippen LogP contribution is 2.25. The Morgan fingerprint density at radius 1 is 1.21 bits per heavy atom. The van der Waals surface area contributed by atoms with Gasteiger partial charge >= 0.3 is 5.97 Å². The molecule has 1 fully saturated rings. The Hall–Kier alpha value is -2.78. The minimum Gasteiger partial charge on any atom is -0.380 e. The normalized spacial score (nSPS) is 16.7. The van der Waals surface area contributed by atoms with E-state index in [0.717, 1.165) is 5.56 Å². The largest absolute Gasteiger partial charge is 0.380 e. The van der Waals surface area contributed by atoms with Gasteiger partial charge in [-0.05, 0) is 44.0 Å². The van der Waals surface area contributed by atoms with Crippen molar-refractivity contribution in [1.29, 1.82) is 0 Å². The smallest absolute Gasteiger partial charge is 0.338 e. The molecule has 1 aliphatic heterocycles. The summed E-state index contributed by atoms with van der Waals surface area (Å²) in [6.07, 6.45) is 3.85. The van der Waals surface area contributed by atoms with E-state index in [4.69, 9.17) is 10.6 Å². The van der Waals surface area contributed by atoms with E-state index in [1.165, 1.54) is 10.5 Å². The monoisotopic (exact) mass is 402 g/mol. The number of sulfonamides is 1. The maximum absolute atomic E-state index is 12.7. The number of nitrogens with zero attached hydrogens (tertiary/aromatic N) is 3. The highest BCUT2D eigenvalue weighted by Gasteiger charge is 2.33. The standard InChI is InChI=1S/C19H22N4O4S/c1-14-4-6-17(7-5-14)28(25,26)23-11-8-15(9-12-23)19(24)27-22-18(20)16-3-2-10-21-13-16/h2-7,10,13,15H,8-9,11-12H2,1H3,(H2,20,22). The average molecular weight is 402 g/mol. The molecule has 0 spiro atoms. The van der Waals surface area contributed by atoms with E-state index in [-0.39, 0.29) is 23.8 Å². The van der Waals surface area contributed by atoms with Crippen molar-refractivity contribution in [2.24, 2.45) is 16.8 Å². The van der Waals surface area contributed by atoms with Gasteiger partial charge in [0.1, 0.15) is 0 Å². The van der Waals surface area contributed by atoms with Gasteiger partial charge in [-0.1, -0.05) is 22.9 Å². The Balaban J connectivity index is 1.57. The minimum absolute atomic E-state index is 0.0563. The van der Waals surface area contributed by atoms with Crippen molar-refractivity contribution in [1.82, 2.24) is 9.29 Å². The predicted molar refractivity (Wildman–Crippen MR) is 104 cm³/mol. The van der Waals surface area contributed by atoms with Crippen molar-refractivity contribution in [3.8, 4) is 0 Å². The fourth-order valence-electron chi connectivity index (χ4n) is 2.93. The van der Waals surface area contributed by atoms with Crippen LogP contribution in [-0.4, -0.2) is 42.6 Å². The summed E-state index contributed by atoms with van der Waals surface area (Å²) in [6.45, 7) is 2.40. The number of amidine groups is 1. The lowest BCUT2D eigenvalue weighted by atomic mass is 9.99. The zero-order valence-corrected chi connectivity index (χ0v) is 16.3. The summed E-state index contributed by atoms with van der Waals surface area (Å²) in [5.74, 6) is -0.880. The average Bonchev–Trinajstić information content (AvgIpc) is 2.73. The van der Waals surface area contributed by atoms with Gasteiger partial charge in [-0.2, -0.15) is 4.31 Å². The third kappa shape index (κ3) is 4.55. The van der Waals surface area contributed by atoms with Crippen molar-refractivity contribution in [2.45, 2.75) is 24.7 Å². The zero-order chi connectivity index (χ0) is 20.1. The third-order valence-corrected chi connectivity index (χ3v) is 6.55. The molecule has 0 atom stereocenters. The first-order valence-electron chi connectivity index (χ1n) is 8.89. The van der Waals surface area contributed by atoms with Gasteiger partial charge in [0.05, 0.1) is 10.8 Å². The molecule has 0 radical (unpaired) electrons. The lowest BCUT2D eigenvalue weighted by molar-refractivity contribution is -0.149. The first-order valence-corrected chi connectivity index (χ1v) is 10.3. The molecule has 1 aromatic heterocycles. The summed E-state index contributed by atoms with van der Waals surface area (Å²) in [4.78, 5) is 21.4. The van der Waals surface area contributed by atoms with E-state index < -0.39 is 21.9 Å². The lowest BCUT2D eigenvalue weighted by Crippen LogP contribution is -2.40. The molecule has 0 unspecified atom stereocenters. The van der Waals surface area contributed by atoms with E-state index in [0.29, 0.717) is 18.4 Å². The molecular weight excluding hydrogens is 380 g/mol. The molecule has 148 valence electrons. The van der Waals surface area contributed by atoms with Gasteiger partial charge in [0.2, 0.25) is 10.0 Å². The second-order valence-corrected chi connectivity index (χ2v) is 8.56. The van der Waals surface area contributed by atoms with E-state index in [9.17, 15) is 13.2 Å². The molecule has 1 aromatic carbocycles. The van der Waals surface area contributed by atoms with Crippen LogP contribution in [-0.2, 0) is 19.7 Å². The summed E-state index contributed by atoms with van der Waals surface area (Å²) < 4.78 is 26.8. The Morgan fingerprint density at radius 3 is 2.50 bits per heavy atom. The molecule has 1 aliphatic rings. The summed E-state index contributed by atoms with van der Waals surface area (Å²) >= 11 is 0. The molecule has 28 heavy (non-hydrogen) atoms. The van der Waals surface area contributed by atoms with Crippen molar-refractivity contribution in [3.63, 3.8) is 0 Å². The highest BCUT2D eigenvalue weighted by atomic mass is 32.2. The van der Waals surface area contributed by atoms with Crippen LogP contribution in [0.25, 0.3) is 0 Å². The van der Waals surface area contributed by atoms with Crippen LogP contribution in [0.3, 0.4) is 0 Å². The number of aromatic nitrogens is 1. The number of rotatable bonds is 5. The lowest BCUT2D eigenvalue weighted by Gasteiger charge is -2.29. The van der Waals surface area contributed by atoms with Crippen LogP contribution in [0.4, 0.5) is 0 Å². The molecule has 1 saturated heterocycles. The number of hydrogen-bond donors (Lipinski definition) is 1. The molecule has 3 rings (SSSR count). The third-order valence-electron chi connectivity index (χ3n) is 4.64. The van der Waals surface area contributed by atoms with Gasteiger partial charge in [0, 0.05) is 31.0 Å². The first kappa shape index (κ1) is 20.0. The van der Waals surface area contributed by atoms with E-state index in [2.05, 4.69) is 10.1 Å². The number of carbonyl (C=O) groups is 1. The Kier molecular flexibility index (Phi) is 6.05. The number of benzene rings is 1. The van der Waals surface area contributed by atoms with Crippen LogP contribution < -0.4 is 5.73 Å². The van der Waals surface area contributed by atoms with Crippen molar-refractivity contribution >= 4 is 21.8 Å². The van der Waals surface area contributed by atoms with Crippen molar-refractivity contribution in [3.05, 3.63) is 59.9 Å². The molecule has 0 saturated carbocycles. The van der Waals surface area contributed by atoms with Crippen LogP contribution in [0.2, 0.25) is 0 Å². The number of piperidine rings is 1. The van der Waals surface area contributed by atoms with E-state index in [1.54, 1.807) is 42.6 Å². The maximum atomic E-state index is 12.7.